The lowest BCUT2D eigenvalue weighted by atomic mass is 10.1. The predicted octanol–water partition coefficient (Wildman–Crippen LogP) is 3.37. The van der Waals surface area contributed by atoms with Crippen molar-refractivity contribution in [1.82, 2.24) is 14.9 Å². The summed E-state index contributed by atoms with van der Waals surface area (Å²) in [5, 5.41) is 3.51. The monoisotopic (exact) mass is 316 g/mol. The second kappa shape index (κ2) is 5.46. The summed E-state index contributed by atoms with van der Waals surface area (Å²) in [5.41, 5.74) is 1.32. The normalized spacial score (nSPS) is 25.9. The van der Waals surface area contributed by atoms with Crippen molar-refractivity contribution in [2.24, 2.45) is 0 Å². The molecule has 2 aromatic rings. The molecule has 0 aromatic carbocycles. The first-order valence-electron chi connectivity index (χ1n) is 8.40. The van der Waals surface area contributed by atoms with Crippen molar-refractivity contribution >= 4 is 27.4 Å². The molecule has 2 saturated heterocycles. The maximum Gasteiger partial charge on any atom is 0.141 e. The van der Waals surface area contributed by atoms with Crippen LogP contribution in [0.1, 0.15) is 37.6 Å². The molecule has 118 valence electrons. The van der Waals surface area contributed by atoms with E-state index in [4.69, 9.17) is 4.98 Å². The quantitative estimate of drug-likeness (QED) is 0.850. The summed E-state index contributed by atoms with van der Waals surface area (Å²) in [4.78, 5) is 15.9. The minimum Gasteiger partial charge on any atom is -0.349 e. The van der Waals surface area contributed by atoms with Gasteiger partial charge in [-0.15, -0.1) is 11.3 Å². The summed E-state index contributed by atoms with van der Waals surface area (Å²) in [7, 11) is 0. The van der Waals surface area contributed by atoms with Gasteiger partial charge in [-0.1, -0.05) is 6.92 Å². The first-order valence-corrected chi connectivity index (χ1v) is 9.28. The maximum atomic E-state index is 4.89. The molecule has 0 spiro atoms. The number of aromatic nitrogens is 2. The molecule has 2 aromatic heterocycles. The average Bonchev–Trinajstić information content (AvgIpc) is 2.98. The molecule has 2 unspecified atom stereocenters. The topological polar surface area (TPSA) is 32.3 Å². The van der Waals surface area contributed by atoms with Crippen LogP contribution in [0.15, 0.2) is 5.38 Å². The summed E-state index contributed by atoms with van der Waals surface area (Å²) in [6.45, 7) is 10.1. The second-order valence-electron chi connectivity index (χ2n) is 6.67. The molecule has 2 aliphatic rings. The molecule has 4 nitrogen and oxygen atoms in total. The molecule has 4 heterocycles. The molecule has 5 heteroatoms. The van der Waals surface area contributed by atoms with E-state index in [0.29, 0.717) is 12.1 Å². The van der Waals surface area contributed by atoms with Gasteiger partial charge in [-0.2, -0.15) is 0 Å². The van der Waals surface area contributed by atoms with Gasteiger partial charge >= 0.3 is 0 Å². The van der Waals surface area contributed by atoms with E-state index in [1.807, 2.05) is 6.92 Å². The summed E-state index contributed by atoms with van der Waals surface area (Å²) in [6, 6.07) is 1.27. The number of hydrogen-bond acceptors (Lipinski definition) is 5. The third kappa shape index (κ3) is 2.22. The van der Waals surface area contributed by atoms with E-state index in [0.717, 1.165) is 17.2 Å². The number of rotatable bonds is 2. The van der Waals surface area contributed by atoms with Gasteiger partial charge in [0.05, 0.1) is 5.39 Å². The van der Waals surface area contributed by atoms with Gasteiger partial charge in [0.15, 0.2) is 0 Å². The first-order chi connectivity index (χ1) is 10.7. The fraction of sp³-hybridized carbons (Fsp3) is 0.647. The van der Waals surface area contributed by atoms with Crippen molar-refractivity contribution in [3.05, 3.63) is 16.8 Å². The van der Waals surface area contributed by atoms with Crippen molar-refractivity contribution < 1.29 is 0 Å². The largest absolute Gasteiger partial charge is 0.349 e. The van der Waals surface area contributed by atoms with E-state index in [1.54, 1.807) is 11.3 Å². The van der Waals surface area contributed by atoms with E-state index in [-0.39, 0.29) is 0 Å². The lowest BCUT2D eigenvalue weighted by Gasteiger charge is -2.30. The Kier molecular flexibility index (Phi) is 3.57. The molecule has 2 aliphatic heterocycles. The van der Waals surface area contributed by atoms with Crippen molar-refractivity contribution in [3.63, 3.8) is 0 Å². The van der Waals surface area contributed by atoms with Gasteiger partial charge in [0.1, 0.15) is 16.5 Å². The SMILES string of the molecule is CCN1CCC2CCC(C1)N2c1nc(C)nc2scc(C)c12. The molecule has 0 aliphatic carbocycles. The lowest BCUT2D eigenvalue weighted by Crippen LogP contribution is -2.40. The van der Waals surface area contributed by atoms with E-state index in [9.17, 15) is 0 Å². The molecular weight excluding hydrogens is 292 g/mol. The van der Waals surface area contributed by atoms with Crippen LogP contribution in [-0.4, -0.2) is 46.6 Å². The number of likely N-dealkylation sites (tertiary alicyclic amines) is 1. The fourth-order valence-electron chi connectivity index (χ4n) is 4.13. The van der Waals surface area contributed by atoms with Gasteiger partial charge in [0.25, 0.3) is 0 Å². The van der Waals surface area contributed by atoms with Crippen LogP contribution in [0, 0.1) is 13.8 Å². The molecule has 0 saturated carbocycles. The van der Waals surface area contributed by atoms with Crippen molar-refractivity contribution in [2.45, 2.75) is 52.1 Å². The van der Waals surface area contributed by atoms with Crippen molar-refractivity contribution in [3.8, 4) is 0 Å². The zero-order valence-corrected chi connectivity index (χ0v) is 14.5. The third-order valence-electron chi connectivity index (χ3n) is 5.27. The van der Waals surface area contributed by atoms with Gasteiger partial charge in [0.2, 0.25) is 0 Å². The van der Waals surface area contributed by atoms with Gasteiger partial charge in [-0.25, -0.2) is 9.97 Å². The molecular formula is C17H24N4S. The van der Waals surface area contributed by atoms with Crippen LogP contribution in [-0.2, 0) is 0 Å². The van der Waals surface area contributed by atoms with Gasteiger partial charge < -0.3 is 9.80 Å². The van der Waals surface area contributed by atoms with E-state index >= 15 is 0 Å². The standard InChI is InChI=1S/C17H24N4S/c1-4-20-8-7-13-5-6-14(9-20)21(13)16-15-11(2)10-22-17(15)19-12(3)18-16/h10,13-14H,4-9H2,1-3H3. The Bertz CT molecular complexity index is 695. The Morgan fingerprint density at radius 3 is 2.82 bits per heavy atom. The third-order valence-corrected chi connectivity index (χ3v) is 6.26. The summed E-state index contributed by atoms with van der Waals surface area (Å²) in [6.07, 6.45) is 3.88. The fourth-order valence-corrected chi connectivity index (χ4v) is 5.09. The number of likely N-dealkylation sites (N-methyl/N-ethyl adjacent to an activating group) is 1. The summed E-state index contributed by atoms with van der Waals surface area (Å²) >= 11 is 1.75. The number of aryl methyl sites for hydroxylation is 2. The zero-order valence-electron chi connectivity index (χ0n) is 13.7. The van der Waals surface area contributed by atoms with E-state index in [1.165, 1.54) is 49.1 Å². The van der Waals surface area contributed by atoms with Crippen LogP contribution >= 0.6 is 11.3 Å². The minimum atomic E-state index is 0.615. The summed E-state index contributed by atoms with van der Waals surface area (Å²) in [5.74, 6) is 2.10. The molecule has 0 radical (unpaired) electrons. The highest BCUT2D eigenvalue weighted by molar-refractivity contribution is 7.17. The van der Waals surface area contributed by atoms with Crippen LogP contribution < -0.4 is 4.90 Å². The Morgan fingerprint density at radius 1 is 1.18 bits per heavy atom. The number of fused-ring (bicyclic) bond motifs is 3. The summed E-state index contributed by atoms with van der Waals surface area (Å²) < 4.78 is 0. The predicted molar refractivity (Wildman–Crippen MR) is 92.9 cm³/mol. The Labute approximate surface area is 136 Å². The molecule has 22 heavy (non-hydrogen) atoms. The highest BCUT2D eigenvalue weighted by Gasteiger charge is 2.38. The molecule has 2 fully saturated rings. The number of nitrogens with zero attached hydrogens (tertiary/aromatic N) is 4. The number of thiophene rings is 1. The number of hydrogen-bond donors (Lipinski definition) is 0. The lowest BCUT2D eigenvalue weighted by molar-refractivity contribution is 0.273. The van der Waals surface area contributed by atoms with Crippen LogP contribution in [0.5, 0.6) is 0 Å². The van der Waals surface area contributed by atoms with E-state index < -0.39 is 0 Å². The smallest absolute Gasteiger partial charge is 0.141 e. The van der Waals surface area contributed by atoms with Crippen molar-refractivity contribution in [2.75, 3.05) is 24.5 Å². The van der Waals surface area contributed by atoms with Gasteiger partial charge in [-0.3, -0.25) is 0 Å². The molecule has 2 atom stereocenters. The van der Waals surface area contributed by atoms with Crippen LogP contribution in [0.4, 0.5) is 5.82 Å². The van der Waals surface area contributed by atoms with E-state index in [2.05, 4.69) is 34.0 Å². The Balaban J connectivity index is 1.82. The molecule has 0 N–H and O–H groups in total. The second-order valence-corrected chi connectivity index (χ2v) is 7.53. The van der Waals surface area contributed by atoms with Crippen molar-refractivity contribution in [1.29, 1.82) is 0 Å². The Morgan fingerprint density at radius 2 is 2.00 bits per heavy atom. The highest BCUT2D eigenvalue weighted by atomic mass is 32.1. The zero-order chi connectivity index (χ0) is 15.3. The minimum absolute atomic E-state index is 0.615. The number of anilines is 1. The Hall–Kier alpha value is -1.20. The highest BCUT2D eigenvalue weighted by Crippen LogP contribution is 2.39. The molecule has 0 amide bonds. The van der Waals surface area contributed by atoms with Gasteiger partial charge in [-0.05, 0) is 50.6 Å². The maximum absolute atomic E-state index is 4.89. The molecule has 2 bridgehead atoms. The van der Waals surface area contributed by atoms with Crippen LogP contribution in [0.2, 0.25) is 0 Å². The molecule has 4 rings (SSSR count). The first kappa shape index (κ1) is 14.4. The van der Waals surface area contributed by atoms with Crippen LogP contribution in [0.25, 0.3) is 10.2 Å². The average molecular weight is 316 g/mol. The van der Waals surface area contributed by atoms with Gasteiger partial charge in [0, 0.05) is 25.2 Å². The van der Waals surface area contributed by atoms with Crippen LogP contribution in [0.3, 0.4) is 0 Å².